The molecule has 0 saturated carbocycles. The Hall–Kier alpha value is -1.91. The minimum Gasteiger partial charge on any atom is -0.508 e. The van der Waals surface area contributed by atoms with Gasteiger partial charge in [0.25, 0.3) is 0 Å². The van der Waals surface area contributed by atoms with Crippen molar-refractivity contribution in [1.29, 1.82) is 0 Å². The second kappa shape index (κ2) is 8.19. The number of nitrogens with one attached hydrogen (secondary N) is 1. The zero-order valence-electron chi connectivity index (χ0n) is 13.5. The summed E-state index contributed by atoms with van der Waals surface area (Å²) in [5, 5.41) is 24.2. The first-order valence-corrected chi connectivity index (χ1v) is 9.97. The number of aromatic nitrogens is 4. The Labute approximate surface area is 170 Å². The lowest BCUT2D eigenvalue weighted by Gasteiger charge is -2.10. The molecule has 2 N–H and O–H groups in total. The molecule has 1 amide bonds. The van der Waals surface area contributed by atoms with Gasteiger partial charge in [0.05, 0.1) is 17.1 Å². The maximum atomic E-state index is 12.3. The van der Waals surface area contributed by atoms with Crippen molar-refractivity contribution >= 4 is 55.2 Å². The van der Waals surface area contributed by atoms with Gasteiger partial charge < -0.3 is 10.4 Å². The van der Waals surface area contributed by atoms with Gasteiger partial charge in [0.1, 0.15) is 5.75 Å². The zero-order valence-corrected chi connectivity index (χ0v) is 17.5. The van der Waals surface area contributed by atoms with E-state index >= 15 is 0 Å². The molecule has 0 aliphatic heterocycles. The molecule has 0 atom stereocenters. The maximum absolute atomic E-state index is 12.3. The average molecular weight is 499 g/mol. The van der Waals surface area contributed by atoms with Gasteiger partial charge >= 0.3 is 0 Å². The van der Waals surface area contributed by atoms with E-state index in [9.17, 15) is 9.90 Å². The van der Waals surface area contributed by atoms with Crippen molar-refractivity contribution in [3.8, 4) is 11.4 Å². The fourth-order valence-corrected chi connectivity index (χ4v) is 4.45. The van der Waals surface area contributed by atoms with Crippen LogP contribution in [0.25, 0.3) is 5.69 Å². The molecule has 0 spiro atoms. The topological polar surface area (TPSA) is 92.9 Å². The summed E-state index contributed by atoms with van der Waals surface area (Å²) in [6.45, 7) is 1.97. The number of hydrogen-bond acceptors (Lipinski definition) is 6. The Balaban J connectivity index is 1.68. The van der Waals surface area contributed by atoms with Crippen LogP contribution in [0.5, 0.6) is 5.75 Å². The number of nitrogens with zero attached hydrogens (tertiary/aromatic N) is 4. The van der Waals surface area contributed by atoms with Gasteiger partial charge in [0.2, 0.25) is 11.1 Å². The van der Waals surface area contributed by atoms with Crippen molar-refractivity contribution in [3.63, 3.8) is 0 Å². The van der Waals surface area contributed by atoms with E-state index < -0.39 is 0 Å². The lowest BCUT2D eigenvalue weighted by molar-refractivity contribution is -0.113. The van der Waals surface area contributed by atoms with Crippen molar-refractivity contribution in [2.24, 2.45) is 0 Å². The summed E-state index contributed by atoms with van der Waals surface area (Å²) >= 11 is 8.13. The number of amides is 1. The molecule has 0 unspecified atom stereocenters. The van der Waals surface area contributed by atoms with E-state index in [1.165, 1.54) is 16.4 Å². The number of anilines is 1. The van der Waals surface area contributed by atoms with Crippen LogP contribution in [-0.4, -0.2) is 37.0 Å². The van der Waals surface area contributed by atoms with Crippen LogP contribution in [0.3, 0.4) is 0 Å². The van der Waals surface area contributed by atoms with Crippen molar-refractivity contribution in [3.05, 3.63) is 50.9 Å². The number of thioether (sulfide) groups is 1. The molecule has 0 saturated heterocycles. The summed E-state index contributed by atoms with van der Waals surface area (Å²) in [4.78, 5) is 12.3. The number of phenols is 1. The largest absolute Gasteiger partial charge is 0.508 e. The average Bonchev–Trinajstić information content (AvgIpc) is 3.05. The highest BCUT2D eigenvalue weighted by Crippen LogP contribution is 2.32. The highest BCUT2D eigenvalue weighted by Gasteiger charge is 2.14. The maximum Gasteiger partial charge on any atom is 0.234 e. The van der Waals surface area contributed by atoms with Gasteiger partial charge in [-0.25, -0.2) is 0 Å². The van der Waals surface area contributed by atoms with E-state index in [1.54, 1.807) is 24.3 Å². The lowest BCUT2D eigenvalue weighted by atomic mass is 10.2. The Kier molecular flexibility index (Phi) is 5.94. The second-order valence-corrected chi connectivity index (χ2v) is 7.98. The second-order valence-electron chi connectivity index (χ2n) is 5.33. The first-order chi connectivity index (χ1) is 12.4. The molecular weight excluding hydrogens is 486 g/mol. The molecule has 7 nitrogen and oxygen atoms in total. The fraction of sp³-hybridized carbons (Fsp3) is 0.125. The third kappa shape index (κ3) is 4.43. The number of rotatable bonds is 5. The van der Waals surface area contributed by atoms with Crippen LogP contribution in [-0.2, 0) is 4.79 Å². The van der Waals surface area contributed by atoms with Gasteiger partial charge in [0, 0.05) is 8.95 Å². The van der Waals surface area contributed by atoms with Gasteiger partial charge in [-0.3, -0.25) is 4.79 Å². The molecule has 1 heterocycles. The molecular formula is C16H13Br2N5O2S. The van der Waals surface area contributed by atoms with Crippen LogP contribution in [0.15, 0.2) is 50.5 Å². The van der Waals surface area contributed by atoms with Crippen molar-refractivity contribution in [1.82, 2.24) is 20.2 Å². The molecule has 3 rings (SSSR count). The number of aromatic hydroxyl groups is 1. The number of hydrogen-bond donors (Lipinski definition) is 2. The highest BCUT2D eigenvalue weighted by atomic mass is 79.9. The van der Waals surface area contributed by atoms with E-state index in [2.05, 4.69) is 52.7 Å². The van der Waals surface area contributed by atoms with Gasteiger partial charge in [0.15, 0.2) is 0 Å². The SMILES string of the molecule is Cc1cc(Br)c(NC(=O)CSc2nnnn2-c2ccc(O)cc2)c(Br)c1. The minimum atomic E-state index is -0.180. The summed E-state index contributed by atoms with van der Waals surface area (Å²) in [7, 11) is 0. The molecule has 0 bridgehead atoms. The van der Waals surface area contributed by atoms with Crippen molar-refractivity contribution in [2.75, 3.05) is 11.1 Å². The quantitative estimate of drug-likeness (QED) is 0.517. The number of phenolic OH excluding ortho intramolecular Hbond substituents is 1. The Morgan fingerprint density at radius 1 is 1.23 bits per heavy atom. The minimum absolute atomic E-state index is 0.144. The molecule has 26 heavy (non-hydrogen) atoms. The monoisotopic (exact) mass is 497 g/mol. The first-order valence-electron chi connectivity index (χ1n) is 7.40. The van der Waals surface area contributed by atoms with Crippen LogP contribution in [0.1, 0.15) is 5.56 Å². The van der Waals surface area contributed by atoms with E-state index in [0.29, 0.717) is 16.5 Å². The van der Waals surface area contributed by atoms with Crippen molar-refractivity contribution in [2.45, 2.75) is 12.1 Å². The van der Waals surface area contributed by atoms with E-state index in [4.69, 9.17) is 0 Å². The lowest BCUT2D eigenvalue weighted by Crippen LogP contribution is -2.15. The Bertz CT molecular complexity index is 923. The molecule has 0 fully saturated rings. The predicted molar refractivity (Wildman–Crippen MR) is 107 cm³/mol. The predicted octanol–water partition coefficient (Wildman–Crippen LogP) is 3.93. The normalized spacial score (nSPS) is 10.7. The summed E-state index contributed by atoms with van der Waals surface area (Å²) in [5.74, 6) is 0.121. The number of carbonyl (C=O) groups is 1. The van der Waals surface area contributed by atoms with Crippen LogP contribution in [0.2, 0.25) is 0 Å². The van der Waals surface area contributed by atoms with Crippen LogP contribution >= 0.6 is 43.6 Å². The molecule has 1 aromatic heterocycles. The third-order valence-electron chi connectivity index (χ3n) is 3.32. The first kappa shape index (κ1) is 18.9. The molecule has 0 aliphatic carbocycles. The summed E-state index contributed by atoms with van der Waals surface area (Å²) < 4.78 is 3.11. The fourth-order valence-electron chi connectivity index (χ4n) is 2.15. The summed E-state index contributed by atoms with van der Waals surface area (Å²) in [6.07, 6.45) is 0. The van der Waals surface area contributed by atoms with Gasteiger partial charge in [-0.1, -0.05) is 11.8 Å². The highest BCUT2D eigenvalue weighted by molar-refractivity contribution is 9.11. The molecule has 0 aliphatic rings. The Morgan fingerprint density at radius 3 is 2.54 bits per heavy atom. The van der Waals surface area contributed by atoms with E-state index in [1.807, 2.05) is 19.1 Å². The summed E-state index contributed by atoms with van der Waals surface area (Å²) in [5.41, 5.74) is 2.45. The van der Waals surface area contributed by atoms with Gasteiger partial charge in [-0.2, -0.15) is 4.68 Å². The number of aryl methyl sites for hydroxylation is 1. The number of tetrazole rings is 1. The molecule has 10 heteroatoms. The van der Waals surface area contributed by atoms with Gasteiger partial charge in [-0.15, -0.1) is 5.10 Å². The number of carbonyl (C=O) groups excluding carboxylic acids is 1. The van der Waals surface area contributed by atoms with Crippen molar-refractivity contribution < 1.29 is 9.90 Å². The van der Waals surface area contributed by atoms with E-state index in [0.717, 1.165) is 14.5 Å². The Morgan fingerprint density at radius 2 is 1.88 bits per heavy atom. The van der Waals surface area contributed by atoms with E-state index in [-0.39, 0.29) is 17.4 Å². The van der Waals surface area contributed by atoms with Gasteiger partial charge in [-0.05, 0) is 91.2 Å². The molecule has 0 radical (unpaired) electrons. The standard InChI is InChI=1S/C16H13Br2N5O2S/c1-9-6-12(17)15(13(18)7-9)19-14(25)8-26-16-20-21-22-23(16)10-2-4-11(24)5-3-10/h2-7,24H,8H2,1H3,(H,19,25). The van der Waals surface area contributed by atoms with Crippen LogP contribution in [0, 0.1) is 6.92 Å². The third-order valence-corrected chi connectivity index (χ3v) is 5.49. The number of halogens is 2. The van der Waals surface area contributed by atoms with Crippen LogP contribution < -0.4 is 5.32 Å². The molecule has 134 valence electrons. The summed E-state index contributed by atoms with van der Waals surface area (Å²) in [6, 6.07) is 10.3. The number of benzene rings is 2. The van der Waals surface area contributed by atoms with Crippen LogP contribution in [0.4, 0.5) is 5.69 Å². The molecule has 2 aromatic carbocycles. The smallest absolute Gasteiger partial charge is 0.234 e. The zero-order chi connectivity index (χ0) is 18.7. The molecule has 3 aromatic rings.